The summed E-state index contributed by atoms with van der Waals surface area (Å²) in [5, 5.41) is 0. The second kappa shape index (κ2) is 8.93. The van der Waals surface area contributed by atoms with Gasteiger partial charge in [0.1, 0.15) is 11.5 Å². The molecule has 4 rings (SSSR count). The molecule has 0 unspecified atom stereocenters. The molecule has 2 aromatic carbocycles. The Labute approximate surface area is 172 Å². The van der Waals surface area contributed by atoms with Crippen LogP contribution in [0.2, 0.25) is 0 Å². The molecule has 1 saturated heterocycles. The number of aryl methyl sites for hydroxylation is 1. The predicted molar refractivity (Wildman–Crippen MR) is 115 cm³/mol. The molecule has 4 heteroatoms. The van der Waals surface area contributed by atoms with Crippen molar-refractivity contribution in [3.8, 4) is 0 Å². The Hall–Kier alpha value is -3.11. The molecule has 1 fully saturated rings. The minimum atomic E-state index is 0.0367. The van der Waals surface area contributed by atoms with Crippen molar-refractivity contribution in [2.24, 2.45) is 0 Å². The Balaban J connectivity index is 1.44. The van der Waals surface area contributed by atoms with E-state index in [9.17, 15) is 4.79 Å². The fourth-order valence-corrected chi connectivity index (χ4v) is 3.89. The fraction of sp³-hybridized carbons (Fsp3) is 0.240. The van der Waals surface area contributed by atoms with E-state index in [1.807, 2.05) is 24.0 Å². The van der Waals surface area contributed by atoms with Gasteiger partial charge in [-0.1, -0.05) is 60.7 Å². The van der Waals surface area contributed by atoms with E-state index in [4.69, 9.17) is 4.42 Å². The van der Waals surface area contributed by atoms with Crippen LogP contribution in [-0.4, -0.2) is 41.9 Å². The third-order valence-corrected chi connectivity index (χ3v) is 5.37. The van der Waals surface area contributed by atoms with Gasteiger partial charge in [-0.3, -0.25) is 9.69 Å². The Morgan fingerprint density at radius 3 is 1.97 bits per heavy atom. The van der Waals surface area contributed by atoms with Gasteiger partial charge < -0.3 is 9.32 Å². The minimum Gasteiger partial charge on any atom is -0.462 e. The maximum Gasteiger partial charge on any atom is 0.246 e. The monoisotopic (exact) mass is 386 g/mol. The Bertz CT molecular complexity index is 915. The van der Waals surface area contributed by atoms with Crippen LogP contribution in [0.1, 0.15) is 28.7 Å². The summed E-state index contributed by atoms with van der Waals surface area (Å²) in [6.45, 7) is 5.02. The second-order valence-corrected chi connectivity index (χ2v) is 7.37. The van der Waals surface area contributed by atoms with Gasteiger partial charge in [0, 0.05) is 32.3 Å². The zero-order valence-electron chi connectivity index (χ0n) is 16.7. The van der Waals surface area contributed by atoms with Crippen LogP contribution >= 0.6 is 0 Å². The lowest BCUT2D eigenvalue weighted by Crippen LogP contribution is -2.49. The number of furan rings is 1. The Kier molecular flexibility index (Phi) is 5.92. The number of hydrogen-bond acceptors (Lipinski definition) is 3. The summed E-state index contributed by atoms with van der Waals surface area (Å²) < 4.78 is 5.50. The first-order chi connectivity index (χ1) is 14.2. The molecule has 3 aromatic rings. The van der Waals surface area contributed by atoms with Crippen LogP contribution < -0.4 is 0 Å². The molecule has 1 amide bonds. The predicted octanol–water partition coefficient (Wildman–Crippen LogP) is 4.54. The number of benzene rings is 2. The molecule has 0 N–H and O–H groups in total. The summed E-state index contributed by atoms with van der Waals surface area (Å²) in [6, 6.07) is 25.2. The first-order valence-electron chi connectivity index (χ1n) is 10.1. The van der Waals surface area contributed by atoms with Gasteiger partial charge in [-0.25, -0.2) is 0 Å². The average Bonchev–Trinajstić information content (AvgIpc) is 3.19. The molecule has 29 heavy (non-hydrogen) atoms. The van der Waals surface area contributed by atoms with Crippen molar-refractivity contribution in [1.82, 2.24) is 9.80 Å². The molecule has 2 heterocycles. The molecule has 4 nitrogen and oxygen atoms in total. The van der Waals surface area contributed by atoms with E-state index in [1.54, 1.807) is 12.2 Å². The lowest BCUT2D eigenvalue weighted by atomic mass is 9.96. The fourth-order valence-electron chi connectivity index (χ4n) is 3.89. The third kappa shape index (κ3) is 4.66. The van der Waals surface area contributed by atoms with Crippen LogP contribution in [0.5, 0.6) is 0 Å². The van der Waals surface area contributed by atoms with Crippen molar-refractivity contribution in [3.63, 3.8) is 0 Å². The number of piperazine rings is 1. The Morgan fingerprint density at radius 2 is 1.45 bits per heavy atom. The second-order valence-electron chi connectivity index (χ2n) is 7.37. The normalized spacial score (nSPS) is 15.3. The zero-order chi connectivity index (χ0) is 20.1. The van der Waals surface area contributed by atoms with E-state index in [-0.39, 0.29) is 11.9 Å². The quantitative estimate of drug-likeness (QED) is 0.604. The molecule has 0 bridgehead atoms. The summed E-state index contributed by atoms with van der Waals surface area (Å²) >= 11 is 0. The van der Waals surface area contributed by atoms with E-state index in [0.29, 0.717) is 5.76 Å². The largest absolute Gasteiger partial charge is 0.462 e. The smallest absolute Gasteiger partial charge is 0.246 e. The molecule has 1 aliphatic heterocycles. The molecule has 1 aliphatic rings. The van der Waals surface area contributed by atoms with Crippen LogP contribution in [0.4, 0.5) is 0 Å². The van der Waals surface area contributed by atoms with Gasteiger partial charge in [0.2, 0.25) is 5.91 Å². The molecule has 0 atom stereocenters. The Morgan fingerprint density at radius 1 is 0.862 bits per heavy atom. The van der Waals surface area contributed by atoms with Crippen molar-refractivity contribution in [1.29, 1.82) is 0 Å². The average molecular weight is 386 g/mol. The molecule has 148 valence electrons. The lowest BCUT2D eigenvalue weighted by Gasteiger charge is -2.39. The summed E-state index contributed by atoms with van der Waals surface area (Å²) in [4.78, 5) is 17.0. The molecule has 0 spiro atoms. The molecule has 0 saturated carbocycles. The number of nitrogens with zero attached hydrogens (tertiary/aromatic N) is 2. The number of carbonyl (C=O) groups excluding carboxylic acids is 1. The summed E-state index contributed by atoms with van der Waals surface area (Å²) in [6.07, 6.45) is 3.36. The molecule has 0 radical (unpaired) electrons. The molecule has 1 aromatic heterocycles. The van der Waals surface area contributed by atoms with Crippen molar-refractivity contribution in [2.75, 3.05) is 26.2 Å². The highest BCUT2D eigenvalue weighted by atomic mass is 16.3. The van der Waals surface area contributed by atoms with Crippen molar-refractivity contribution in [2.45, 2.75) is 13.0 Å². The van der Waals surface area contributed by atoms with Crippen LogP contribution in [0.3, 0.4) is 0 Å². The molecular weight excluding hydrogens is 360 g/mol. The SMILES string of the molecule is Cc1ccc(/C=C/C(=O)N2CCN(C(c3ccccc3)c3ccccc3)CC2)o1. The third-order valence-electron chi connectivity index (χ3n) is 5.37. The summed E-state index contributed by atoms with van der Waals surface area (Å²) in [5.41, 5.74) is 2.57. The van der Waals surface area contributed by atoms with Gasteiger partial charge in [-0.2, -0.15) is 0 Å². The van der Waals surface area contributed by atoms with Gasteiger partial charge in [0.15, 0.2) is 0 Å². The van der Waals surface area contributed by atoms with Crippen LogP contribution in [0.25, 0.3) is 6.08 Å². The lowest BCUT2D eigenvalue weighted by molar-refractivity contribution is -0.127. The molecule has 0 aliphatic carbocycles. The standard InChI is InChI=1S/C25H26N2O2/c1-20-12-13-23(29-20)14-15-24(28)26-16-18-27(19-17-26)25(21-8-4-2-5-9-21)22-10-6-3-7-11-22/h2-15,25H,16-19H2,1H3/b15-14+. The first-order valence-corrected chi connectivity index (χ1v) is 10.1. The maximum atomic E-state index is 12.6. The van der Waals surface area contributed by atoms with Gasteiger partial charge in [0.25, 0.3) is 0 Å². The summed E-state index contributed by atoms with van der Waals surface area (Å²) in [7, 11) is 0. The van der Waals surface area contributed by atoms with Crippen molar-refractivity contribution >= 4 is 12.0 Å². The van der Waals surface area contributed by atoms with Gasteiger partial charge in [-0.05, 0) is 36.3 Å². The molecular formula is C25H26N2O2. The number of rotatable bonds is 5. The summed E-state index contributed by atoms with van der Waals surface area (Å²) in [5.74, 6) is 1.59. The minimum absolute atomic E-state index is 0.0367. The van der Waals surface area contributed by atoms with E-state index >= 15 is 0 Å². The first kappa shape index (κ1) is 19.2. The number of hydrogen-bond donors (Lipinski definition) is 0. The van der Waals surface area contributed by atoms with Gasteiger partial charge in [-0.15, -0.1) is 0 Å². The number of amides is 1. The van der Waals surface area contributed by atoms with E-state index in [1.165, 1.54) is 11.1 Å². The van der Waals surface area contributed by atoms with Gasteiger partial charge >= 0.3 is 0 Å². The van der Waals surface area contributed by atoms with E-state index in [0.717, 1.165) is 31.9 Å². The zero-order valence-corrected chi connectivity index (χ0v) is 16.7. The van der Waals surface area contributed by atoms with E-state index < -0.39 is 0 Å². The van der Waals surface area contributed by atoms with Gasteiger partial charge in [0.05, 0.1) is 6.04 Å². The maximum absolute atomic E-state index is 12.6. The highest BCUT2D eigenvalue weighted by Crippen LogP contribution is 2.29. The van der Waals surface area contributed by atoms with Crippen molar-refractivity contribution < 1.29 is 9.21 Å². The van der Waals surface area contributed by atoms with E-state index in [2.05, 4.69) is 65.6 Å². The topological polar surface area (TPSA) is 36.7 Å². The van der Waals surface area contributed by atoms with Crippen molar-refractivity contribution in [3.05, 3.63) is 102 Å². The highest BCUT2D eigenvalue weighted by molar-refractivity contribution is 5.91. The van der Waals surface area contributed by atoms with Crippen LogP contribution in [0.15, 0.2) is 83.3 Å². The van der Waals surface area contributed by atoms with Crippen LogP contribution in [-0.2, 0) is 4.79 Å². The number of carbonyl (C=O) groups is 1. The highest BCUT2D eigenvalue weighted by Gasteiger charge is 2.27. The van der Waals surface area contributed by atoms with Crippen LogP contribution in [0, 0.1) is 6.92 Å².